The van der Waals surface area contributed by atoms with Gasteiger partial charge in [0.2, 0.25) is 0 Å². The van der Waals surface area contributed by atoms with Crippen LogP contribution >= 0.6 is 11.3 Å². The summed E-state index contributed by atoms with van der Waals surface area (Å²) >= 11 is 0.991. The van der Waals surface area contributed by atoms with Gasteiger partial charge in [0.05, 0.1) is 17.7 Å². The molecule has 0 saturated carbocycles. The summed E-state index contributed by atoms with van der Waals surface area (Å²) in [7, 11) is -2.22. The maximum absolute atomic E-state index is 12.8. The van der Waals surface area contributed by atoms with Gasteiger partial charge < -0.3 is 10.1 Å². The highest BCUT2D eigenvalue weighted by Crippen LogP contribution is 2.28. The Kier molecular flexibility index (Phi) is 6.14. The average molecular weight is 446 g/mol. The van der Waals surface area contributed by atoms with Crippen molar-refractivity contribution < 1.29 is 17.9 Å². The molecule has 0 bridgehead atoms. The molecule has 3 aromatic rings. The van der Waals surface area contributed by atoms with E-state index in [1.54, 1.807) is 57.4 Å². The van der Waals surface area contributed by atoms with E-state index in [2.05, 4.69) is 15.0 Å². The minimum atomic E-state index is -3.81. The van der Waals surface area contributed by atoms with E-state index < -0.39 is 10.0 Å². The molecule has 9 heteroatoms. The molecule has 158 valence electrons. The highest BCUT2D eigenvalue weighted by Gasteiger charge is 2.22. The van der Waals surface area contributed by atoms with Crippen LogP contribution in [0.3, 0.4) is 0 Å². The smallest absolute Gasteiger partial charge is 0.267 e. The Morgan fingerprint density at radius 1 is 1.03 bits per heavy atom. The zero-order valence-corrected chi connectivity index (χ0v) is 19.0. The number of hydrogen-bond acceptors (Lipinski definition) is 6. The Morgan fingerprint density at radius 3 is 2.40 bits per heavy atom. The summed E-state index contributed by atoms with van der Waals surface area (Å²) in [6.45, 7) is 7.19. The van der Waals surface area contributed by atoms with Crippen LogP contribution in [0, 0.1) is 27.7 Å². The van der Waals surface area contributed by atoms with Crippen molar-refractivity contribution in [1.82, 2.24) is 4.98 Å². The van der Waals surface area contributed by atoms with Gasteiger partial charge in [-0.25, -0.2) is 13.4 Å². The van der Waals surface area contributed by atoms with Crippen LogP contribution in [-0.4, -0.2) is 26.4 Å². The topological polar surface area (TPSA) is 97.4 Å². The molecule has 0 radical (unpaired) electrons. The number of nitrogens with zero attached hydrogens (tertiary/aromatic N) is 1. The Morgan fingerprint density at radius 2 is 1.77 bits per heavy atom. The second-order valence-corrected chi connectivity index (χ2v) is 9.60. The number of methoxy groups -OCH3 is 1. The molecule has 7 nitrogen and oxygen atoms in total. The number of amides is 1. The van der Waals surface area contributed by atoms with Crippen LogP contribution in [-0.2, 0) is 10.0 Å². The maximum Gasteiger partial charge on any atom is 0.267 e. The molecular weight excluding hydrogens is 422 g/mol. The third kappa shape index (κ3) is 4.63. The predicted octanol–water partition coefficient (Wildman–Crippen LogP) is 4.44. The number of sulfonamides is 1. The summed E-state index contributed by atoms with van der Waals surface area (Å²) in [5, 5.41) is 2.96. The van der Waals surface area contributed by atoms with Crippen molar-refractivity contribution in [2.24, 2.45) is 0 Å². The number of rotatable bonds is 6. The van der Waals surface area contributed by atoms with Crippen LogP contribution in [0.15, 0.2) is 41.3 Å². The molecule has 1 amide bonds. The van der Waals surface area contributed by atoms with Crippen molar-refractivity contribution in [2.45, 2.75) is 32.6 Å². The summed E-state index contributed by atoms with van der Waals surface area (Å²) in [5.74, 6) is 0.372. The number of aromatic nitrogens is 1. The van der Waals surface area contributed by atoms with E-state index in [0.29, 0.717) is 21.8 Å². The first-order valence-corrected chi connectivity index (χ1v) is 11.4. The van der Waals surface area contributed by atoms with E-state index in [9.17, 15) is 13.2 Å². The summed E-state index contributed by atoms with van der Waals surface area (Å²) in [6.07, 6.45) is 0. The maximum atomic E-state index is 12.8. The minimum Gasteiger partial charge on any atom is -0.496 e. The number of ether oxygens (including phenoxy) is 1. The number of carbonyl (C=O) groups excluding carboxylic acids is 1. The Labute approximate surface area is 180 Å². The molecule has 0 aliphatic heterocycles. The fourth-order valence-electron chi connectivity index (χ4n) is 3.07. The van der Waals surface area contributed by atoms with E-state index in [0.717, 1.165) is 28.2 Å². The fraction of sp³-hybridized carbons (Fsp3) is 0.238. The van der Waals surface area contributed by atoms with E-state index in [1.165, 1.54) is 0 Å². The number of carbonyl (C=O) groups is 1. The van der Waals surface area contributed by atoms with Gasteiger partial charge in [0.15, 0.2) is 5.13 Å². The zero-order valence-electron chi connectivity index (χ0n) is 17.4. The van der Waals surface area contributed by atoms with Gasteiger partial charge in [0, 0.05) is 5.69 Å². The van der Waals surface area contributed by atoms with Gasteiger partial charge in [-0.3, -0.25) is 9.52 Å². The Balaban J connectivity index is 1.81. The lowest BCUT2D eigenvalue weighted by Gasteiger charge is -2.09. The fourth-order valence-corrected chi connectivity index (χ4v) is 5.39. The molecule has 2 aromatic carbocycles. The standard InChI is InChI=1S/C21H23N3O4S2/c1-12-6-9-18(14(3)10-12)30(26,27)24-21-22-15(4)19(29-21)20(25)23-16-7-8-17(28-5)13(2)11-16/h6-11H,1-5H3,(H,22,24)(H,23,25). The molecule has 0 aliphatic carbocycles. The van der Waals surface area contributed by atoms with Crippen LogP contribution < -0.4 is 14.8 Å². The molecular formula is C21H23N3O4S2. The zero-order chi connectivity index (χ0) is 22.1. The number of hydrogen-bond donors (Lipinski definition) is 2. The van der Waals surface area contributed by atoms with E-state index in [-0.39, 0.29) is 15.9 Å². The highest BCUT2D eigenvalue weighted by atomic mass is 32.2. The monoisotopic (exact) mass is 445 g/mol. The predicted molar refractivity (Wildman–Crippen MR) is 119 cm³/mol. The first-order valence-electron chi connectivity index (χ1n) is 9.14. The van der Waals surface area contributed by atoms with Crippen molar-refractivity contribution in [2.75, 3.05) is 17.1 Å². The lowest BCUT2D eigenvalue weighted by molar-refractivity contribution is 0.103. The average Bonchev–Trinajstić information content (AvgIpc) is 3.01. The highest BCUT2D eigenvalue weighted by molar-refractivity contribution is 7.93. The molecule has 3 rings (SSSR count). The van der Waals surface area contributed by atoms with Crippen molar-refractivity contribution in [3.8, 4) is 5.75 Å². The van der Waals surface area contributed by atoms with E-state index in [4.69, 9.17) is 4.74 Å². The third-order valence-corrected chi connectivity index (χ3v) is 7.20. The minimum absolute atomic E-state index is 0.142. The Hall–Kier alpha value is -2.91. The summed E-state index contributed by atoms with van der Waals surface area (Å²) < 4.78 is 33.2. The molecule has 0 atom stereocenters. The van der Waals surface area contributed by atoms with Gasteiger partial charge >= 0.3 is 0 Å². The number of thiazole rings is 1. The van der Waals surface area contributed by atoms with Crippen molar-refractivity contribution in [3.05, 3.63) is 63.7 Å². The lowest BCUT2D eigenvalue weighted by Crippen LogP contribution is -2.14. The number of benzene rings is 2. The normalized spacial score (nSPS) is 11.2. The molecule has 0 aliphatic rings. The molecule has 0 saturated heterocycles. The molecule has 2 N–H and O–H groups in total. The van der Waals surface area contributed by atoms with Gasteiger partial charge in [0.25, 0.3) is 15.9 Å². The molecule has 30 heavy (non-hydrogen) atoms. The first-order chi connectivity index (χ1) is 14.1. The van der Waals surface area contributed by atoms with Crippen LogP contribution in [0.2, 0.25) is 0 Å². The summed E-state index contributed by atoms with van der Waals surface area (Å²) in [6, 6.07) is 10.4. The van der Waals surface area contributed by atoms with Crippen LogP contribution in [0.5, 0.6) is 5.75 Å². The third-order valence-electron chi connectivity index (χ3n) is 4.50. The molecule has 0 fully saturated rings. The number of aryl methyl sites for hydroxylation is 4. The van der Waals surface area contributed by atoms with E-state index in [1.807, 2.05) is 13.8 Å². The van der Waals surface area contributed by atoms with E-state index >= 15 is 0 Å². The molecule has 0 unspecified atom stereocenters. The molecule has 1 heterocycles. The van der Waals surface area contributed by atoms with Gasteiger partial charge in [-0.05, 0) is 63.1 Å². The van der Waals surface area contributed by atoms with Crippen molar-refractivity contribution in [1.29, 1.82) is 0 Å². The lowest BCUT2D eigenvalue weighted by atomic mass is 10.2. The van der Waals surface area contributed by atoms with Gasteiger partial charge in [-0.15, -0.1) is 0 Å². The molecule has 1 aromatic heterocycles. The van der Waals surface area contributed by atoms with Crippen LogP contribution in [0.4, 0.5) is 10.8 Å². The molecule has 0 spiro atoms. The Bertz CT molecular complexity index is 1220. The first kappa shape index (κ1) is 21.8. The largest absolute Gasteiger partial charge is 0.496 e. The summed E-state index contributed by atoms with van der Waals surface area (Å²) in [4.78, 5) is 17.4. The van der Waals surface area contributed by atoms with Crippen LogP contribution in [0.25, 0.3) is 0 Å². The number of nitrogens with one attached hydrogen (secondary N) is 2. The van der Waals surface area contributed by atoms with Crippen molar-refractivity contribution >= 4 is 38.1 Å². The quantitative estimate of drug-likeness (QED) is 0.585. The summed E-state index contributed by atoms with van der Waals surface area (Å²) in [5.41, 5.74) is 3.57. The van der Waals surface area contributed by atoms with Gasteiger partial charge in [0.1, 0.15) is 10.6 Å². The van der Waals surface area contributed by atoms with Gasteiger partial charge in [-0.1, -0.05) is 29.0 Å². The van der Waals surface area contributed by atoms with Crippen molar-refractivity contribution in [3.63, 3.8) is 0 Å². The second-order valence-electron chi connectivity index (χ2n) is 6.95. The SMILES string of the molecule is COc1ccc(NC(=O)c2sc(NS(=O)(=O)c3ccc(C)cc3C)nc2C)cc1C. The van der Waals surface area contributed by atoms with Gasteiger partial charge in [-0.2, -0.15) is 0 Å². The number of anilines is 2. The van der Waals surface area contributed by atoms with Crippen LogP contribution in [0.1, 0.15) is 32.1 Å². The second kappa shape index (κ2) is 8.45.